The molecule has 1 heterocycles. The second kappa shape index (κ2) is 8.72. The van der Waals surface area contributed by atoms with Gasteiger partial charge in [0.15, 0.2) is 0 Å². The Morgan fingerprint density at radius 2 is 1.60 bits per heavy atom. The maximum Gasteiger partial charge on any atom is 0.286 e. The highest BCUT2D eigenvalue weighted by Crippen LogP contribution is 2.20. The number of hydrogen-bond donors (Lipinski definition) is 4. The summed E-state index contributed by atoms with van der Waals surface area (Å²) in [6.07, 6.45) is 1.58. The molecular weight excluding hydrogens is 472 g/mol. The molecule has 3 rings (SSSR count). The van der Waals surface area contributed by atoms with Crippen molar-refractivity contribution in [2.45, 2.75) is 18.7 Å². The SMILES string of the molecule is Cc1ccc(NS(=O)(=O)c2ccc(C)c(C(=O)NNC(=O)c3cc(Br)c[nH]3)c2)cc1. The molecule has 0 saturated heterocycles. The lowest BCUT2D eigenvalue weighted by molar-refractivity contribution is 0.0844. The second-order valence-corrected chi connectivity index (χ2v) is 9.19. The van der Waals surface area contributed by atoms with Crippen molar-refractivity contribution >= 4 is 43.5 Å². The summed E-state index contributed by atoms with van der Waals surface area (Å²) in [6, 6.07) is 12.6. The minimum absolute atomic E-state index is 0.0709. The Labute approximate surface area is 182 Å². The van der Waals surface area contributed by atoms with Crippen molar-refractivity contribution in [3.05, 3.63) is 81.6 Å². The van der Waals surface area contributed by atoms with E-state index in [1.165, 1.54) is 18.2 Å². The van der Waals surface area contributed by atoms with Crippen molar-refractivity contribution in [2.24, 2.45) is 0 Å². The number of amides is 2. The van der Waals surface area contributed by atoms with E-state index in [2.05, 4.69) is 36.5 Å². The predicted octanol–water partition coefficient (Wildman–Crippen LogP) is 3.27. The van der Waals surface area contributed by atoms with Gasteiger partial charge in [0.05, 0.1) is 4.90 Å². The molecule has 0 aliphatic rings. The third-order valence-corrected chi connectivity index (χ3v) is 6.09. The summed E-state index contributed by atoms with van der Waals surface area (Å²) in [7, 11) is -3.90. The molecule has 0 atom stereocenters. The van der Waals surface area contributed by atoms with Gasteiger partial charge in [-0.15, -0.1) is 0 Å². The zero-order valence-corrected chi connectivity index (χ0v) is 18.5. The number of sulfonamides is 1. The first-order valence-electron chi connectivity index (χ1n) is 8.80. The molecule has 2 amide bonds. The van der Waals surface area contributed by atoms with Gasteiger partial charge in [0.1, 0.15) is 5.69 Å². The molecule has 3 aromatic rings. The molecule has 0 saturated carbocycles. The zero-order chi connectivity index (χ0) is 21.9. The highest BCUT2D eigenvalue weighted by Gasteiger charge is 2.19. The van der Waals surface area contributed by atoms with Gasteiger partial charge in [-0.1, -0.05) is 23.8 Å². The Bertz CT molecular complexity index is 1200. The summed E-state index contributed by atoms with van der Waals surface area (Å²) >= 11 is 3.22. The van der Waals surface area contributed by atoms with Crippen LogP contribution in [0.15, 0.2) is 64.1 Å². The van der Waals surface area contributed by atoms with Crippen molar-refractivity contribution in [1.29, 1.82) is 0 Å². The Hall–Kier alpha value is -3.11. The van der Waals surface area contributed by atoms with Crippen LogP contribution in [0.3, 0.4) is 0 Å². The Morgan fingerprint density at radius 3 is 2.23 bits per heavy atom. The first-order chi connectivity index (χ1) is 14.2. The zero-order valence-electron chi connectivity index (χ0n) is 16.1. The standard InChI is InChI=1S/C20H19BrN4O4S/c1-12-3-6-15(7-4-12)25-30(28,29)16-8-5-13(2)17(10-16)19(26)23-24-20(27)18-9-14(21)11-22-18/h3-11,22,25H,1-2H3,(H,23,26)(H,24,27). The number of aromatic nitrogens is 1. The molecule has 2 aromatic carbocycles. The summed E-state index contributed by atoms with van der Waals surface area (Å²) in [5.74, 6) is -1.18. The van der Waals surface area contributed by atoms with Crippen LogP contribution in [0.4, 0.5) is 5.69 Å². The number of carbonyl (C=O) groups excluding carboxylic acids is 2. The molecule has 10 heteroatoms. The highest BCUT2D eigenvalue weighted by molar-refractivity contribution is 9.10. The second-order valence-electron chi connectivity index (χ2n) is 6.59. The van der Waals surface area contributed by atoms with Crippen molar-refractivity contribution < 1.29 is 18.0 Å². The van der Waals surface area contributed by atoms with Crippen molar-refractivity contribution in [2.75, 3.05) is 4.72 Å². The van der Waals surface area contributed by atoms with Crippen LogP contribution in [0.5, 0.6) is 0 Å². The third-order valence-electron chi connectivity index (χ3n) is 4.25. The number of nitrogens with one attached hydrogen (secondary N) is 4. The normalized spacial score (nSPS) is 11.0. The molecule has 0 radical (unpaired) electrons. The lowest BCUT2D eigenvalue weighted by atomic mass is 10.1. The van der Waals surface area contributed by atoms with Crippen LogP contribution in [0.2, 0.25) is 0 Å². The highest BCUT2D eigenvalue weighted by atomic mass is 79.9. The molecule has 0 bridgehead atoms. The number of halogens is 1. The van der Waals surface area contributed by atoms with Crippen molar-refractivity contribution in [1.82, 2.24) is 15.8 Å². The smallest absolute Gasteiger partial charge is 0.286 e. The predicted molar refractivity (Wildman–Crippen MR) is 117 cm³/mol. The van der Waals surface area contributed by atoms with Gasteiger partial charge in [-0.3, -0.25) is 25.2 Å². The lowest BCUT2D eigenvalue weighted by Crippen LogP contribution is -2.42. The first-order valence-corrected chi connectivity index (χ1v) is 11.1. The number of anilines is 1. The summed E-state index contributed by atoms with van der Waals surface area (Å²) < 4.78 is 28.6. The van der Waals surface area contributed by atoms with E-state index >= 15 is 0 Å². The number of hydrazine groups is 1. The lowest BCUT2D eigenvalue weighted by Gasteiger charge is -2.12. The molecule has 0 unspecified atom stereocenters. The number of carbonyl (C=O) groups is 2. The Balaban J connectivity index is 1.75. The van der Waals surface area contributed by atoms with E-state index < -0.39 is 21.8 Å². The minimum atomic E-state index is -3.90. The maximum atomic E-state index is 12.7. The topological polar surface area (TPSA) is 120 Å². The molecule has 4 N–H and O–H groups in total. The summed E-state index contributed by atoms with van der Waals surface area (Å²) in [6.45, 7) is 3.57. The molecule has 30 heavy (non-hydrogen) atoms. The fourth-order valence-electron chi connectivity index (χ4n) is 2.60. The maximum absolute atomic E-state index is 12.7. The average molecular weight is 491 g/mol. The van der Waals surface area contributed by atoms with Gasteiger partial charge >= 0.3 is 0 Å². The van der Waals surface area contributed by atoms with E-state index in [9.17, 15) is 18.0 Å². The van der Waals surface area contributed by atoms with Crippen LogP contribution in [-0.2, 0) is 10.0 Å². The molecule has 0 spiro atoms. The molecule has 8 nitrogen and oxygen atoms in total. The van der Waals surface area contributed by atoms with E-state index in [1.54, 1.807) is 43.5 Å². The summed E-state index contributed by atoms with van der Waals surface area (Å²) in [5, 5.41) is 0. The van der Waals surface area contributed by atoms with Gasteiger partial charge in [-0.2, -0.15) is 0 Å². The van der Waals surface area contributed by atoms with Crippen LogP contribution in [0.1, 0.15) is 32.0 Å². The molecule has 0 aliphatic heterocycles. The van der Waals surface area contributed by atoms with Gasteiger partial charge in [-0.25, -0.2) is 8.42 Å². The fourth-order valence-corrected chi connectivity index (χ4v) is 4.02. The largest absolute Gasteiger partial charge is 0.356 e. The molecule has 0 fully saturated rings. The molecule has 156 valence electrons. The molecular formula is C20H19BrN4O4S. The van der Waals surface area contributed by atoms with Gasteiger partial charge in [-0.05, 0) is 65.7 Å². The Morgan fingerprint density at radius 1 is 0.933 bits per heavy atom. The van der Waals surface area contributed by atoms with E-state index in [1.807, 2.05) is 6.92 Å². The molecule has 0 aliphatic carbocycles. The van der Waals surface area contributed by atoms with Crippen LogP contribution >= 0.6 is 15.9 Å². The van der Waals surface area contributed by atoms with Crippen LogP contribution in [0.25, 0.3) is 0 Å². The number of benzene rings is 2. The van der Waals surface area contributed by atoms with Crippen LogP contribution in [-0.4, -0.2) is 25.2 Å². The number of rotatable bonds is 5. The number of aryl methyl sites for hydroxylation is 2. The van der Waals surface area contributed by atoms with Crippen molar-refractivity contribution in [3.63, 3.8) is 0 Å². The van der Waals surface area contributed by atoms with E-state index in [4.69, 9.17) is 0 Å². The number of H-pyrrole nitrogens is 1. The number of aromatic amines is 1. The van der Waals surface area contributed by atoms with E-state index in [0.29, 0.717) is 15.7 Å². The van der Waals surface area contributed by atoms with E-state index in [-0.39, 0.29) is 16.2 Å². The van der Waals surface area contributed by atoms with Gasteiger partial charge in [0.25, 0.3) is 21.8 Å². The van der Waals surface area contributed by atoms with E-state index in [0.717, 1.165) is 5.56 Å². The van der Waals surface area contributed by atoms with Crippen LogP contribution < -0.4 is 15.6 Å². The van der Waals surface area contributed by atoms with Crippen LogP contribution in [0, 0.1) is 13.8 Å². The number of hydrogen-bond acceptors (Lipinski definition) is 4. The van der Waals surface area contributed by atoms with Crippen molar-refractivity contribution in [3.8, 4) is 0 Å². The van der Waals surface area contributed by atoms with Gasteiger partial charge in [0.2, 0.25) is 0 Å². The summed E-state index contributed by atoms with van der Waals surface area (Å²) in [5.41, 5.74) is 6.91. The minimum Gasteiger partial charge on any atom is -0.356 e. The third kappa shape index (κ3) is 5.08. The molecule has 1 aromatic heterocycles. The average Bonchev–Trinajstić information content (AvgIpc) is 3.14. The summed E-state index contributed by atoms with van der Waals surface area (Å²) in [4.78, 5) is 27.2. The van der Waals surface area contributed by atoms with Gasteiger partial charge in [0, 0.05) is 21.9 Å². The Kier molecular flexibility index (Phi) is 6.28. The monoisotopic (exact) mass is 490 g/mol. The first kappa shape index (κ1) is 21.6. The quantitative estimate of drug-likeness (QED) is 0.410. The fraction of sp³-hybridized carbons (Fsp3) is 0.100. The van der Waals surface area contributed by atoms with Gasteiger partial charge < -0.3 is 4.98 Å².